The minimum atomic E-state index is -0.123. The average Bonchev–Trinajstić information content (AvgIpc) is 2.63. The predicted molar refractivity (Wildman–Crippen MR) is 101 cm³/mol. The van der Waals surface area contributed by atoms with Crippen molar-refractivity contribution in [3.63, 3.8) is 0 Å². The van der Waals surface area contributed by atoms with Crippen LogP contribution in [0, 0.1) is 6.92 Å². The van der Waals surface area contributed by atoms with Gasteiger partial charge in [0.15, 0.2) is 0 Å². The van der Waals surface area contributed by atoms with Gasteiger partial charge in [0.1, 0.15) is 0 Å². The molecule has 5 heteroatoms. The van der Waals surface area contributed by atoms with Crippen LogP contribution in [-0.4, -0.2) is 37.4 Å². The molecule has 3 rings (SSSR count). The summed E-state index contributed by atoms with van der Waals surface area (Å²) >= 11 is 6.41. The van der Waals surface area contributed by atoms with Gasteiger partial charge in [-0.15, -0.1) is 0 Å². The summed E-state index contributed by atoms with van der Waals surface area (Å²) in [6.45, 7) is 2.67. The Morgan fingerprint density at radius 2 is 1.84 bits per heavy atom. The molecule has 2 aromatic rings. The smallest absolute Gasteiger partial charge is 0.258 e. The average molecular weight is 357 g/mol. The van der Waals surface area contributed by atoms with Crippen LogP contribution >= 0.6 is 11.6 Å². The summed E-state index contributed by atoms with van der Waals surface area (Å²) in [5.74, 6) is -0.246. The van der Waals surface area contributed by atoms with Crippen LogP contribution in [0.4, 0.5) is 5.69 Å². The lowest BCUT2D eigenvalue weighted by Crippen LogP contribution is -2.36. The fraction of sp³-hybridized carbons (Fsp3) is 0.300. The molecular weight excluding hydrogens is 336 g/mol. The molecule has 0 atom stereocenters. The number of hydrogen-bond donors (Lipinski definition) is 0. The van der Waals surface area contributed by atoms with Crippen molar-refractivity contribution < 1.29 is 9.59 Å². The van der Waals surface area contributed by atoms with E-state index in [4.69, 9.17) is 11.6 Å². The third kappa shape index (κ3) is 3.27. The molecule has 0 radical (unpaired) electrons. The zero-order chi connectivity index (χ0) is 18.1. The van der Waals surface area contributed by atoms with E-state index in [0.29, 0.717) is 22.7 Å². The highest BCUT2D eigenvalue weighted by Gasteiger charge is 2.27. The van der Waals surface area contributed by atoms with Gasteiger partial charge in [0, 0.05) is 31.8 Å². The van der Waals surface area contributed by atoms with Gasteiger partial charge >= 0.3 is 0 Å². The summed E-state index contributed by atoms with van der Waals surface area (Å²) in [7, 11) is 3.39. The lowest BCUT2D eigenvalue weighted by atomic mass is 9.96. The SMILES string of the molecule is Cc1ccc(Cl)c2c1CCCN2C(=O)c1cccc(C(=O)N(C)C)c1. The number of carbonyl (C=O) groups excluding carboxylic acids is 2. The van der Waals surface area contributed by atoms with E-state index in [-0.39, 0.29) is 11.8 Å². The lowest BCUT2D eigenvalue weighted by Gasteiger charge is -2.31. The van der Waals surface area contributed by atoms with Gasteiger partial charge in [0.25, 0.3) is 11.8 Å². The van der Waals surface area contributed by atoms with E-state index in [1.54, 1.807) is 43.3 Å². The molecule has 1 heterocycles. The molecular formula is C20H21ClN2O2. The Balaban J connectivity index is 2.00. The van der Waals surface area contributed by atoms with Gasteiger partial charge in [-0.1, -0.05) is 23.7 Å². The molecule has 130 valence electrons. The molecule has 0 aliphatic carbocycles. The van der Waals surface area contributed by atoms with Gasteiger partial charge in [-0.2, -0.15) is 0 Å². The molecule has 25 heavy (non-hydrogen) atoms. The Labute approximate surface area is 153 Å². The highest BCUT2D eigenvalue weighted by Crippen LogP contribution is 2.37. The highest BCUT2D eigenvalue weighted by molar-refractivity contribution is 6.34. The molecule has 0 saturated heterocycles. The number of hydrogen-bond acceptors (Lipinski definition) is 2. The van der Waals surface area contributed by atoms with Crippen LogP contribution in [0.3, 0.4) is 0 Å². The standard InChI is InChI=1S/C20H21ClN2O2/c1-13-9-10-17(21)18-16(13)8-5-11-23(18)20(25)15-7-4-6-14(12-15)19(24)22(2)3/h4,6-7,9-10,12H,5,8,11H2,1-3H3. The van der Waals surface area contributed by atoms with E-state index >= 15 is 0 Å². The molecule has 0 fully saturated rings. The number of rotatable bonds is 2. The molecule has 1 aliphatic heterocycles. The molecule has 0 bridgehead atoms. The molecule has 2 amide bonds. The second-order valence-corrected chi connectivity index (χ2v) is 6.94. The summed E-state index contributed by atoms with van der Waals surface area (Å²) in [6.07, 6.45) is 1.82. The maximum atomic E-state index is 13.1. The van der Waals surface area contributed by atoms with Crippen molar-refractivity contribution in [1.29, 1.82) is 0 Å². The topological polar surface area (TPSA) is 40.6 Å². The zero-order valence-electron chi connectivity index (χ0n) is 14.7. The Morgan fingerprint density at radius 3 is 2.56 bits per heavy atom. The minimum Gasteiger partial charge on any atom is -0.345 e. The van der Waals surface area contributed by atoms with Crippen molar-refractivity contribution in [1.82, 2.24) is 4.90 Å². The van der Waals surface area contributed by atoms with E-state index in [1.807, 2.05) is 19.1 Å². The first-order valence-corrected chi connectivity index (χ1v) is 8.69. The van der Waals surface area contributed by atoms with Gasteiger partial charge in [-0.05, 0) is 55.2 Å². The van der Waals surface area contributed by atoms with Crippen molar-refractivity contribution >= 4 is 29.1 Å². The number of nitrogens with zero attached hydrogens (tertiary/aromatic N) is 2. The first kappa shape index (κ1) is 17.5. The quantitative estimate of drug-likeness (QED) is 0.817. The van der Waals surface area contributed by atoms with Crippen molar-refractivity contribution in [2.45, 2.75) is 19.8 Å². The van der Waals surface area contributed by atoms with E-state index in [9.17, 15) is 9.59 Å². The fourth-order valence-corrected chi connectivity index (χ4v) is 3.52. The molecule has 0 saturated carbocycles. The van der Waals surface area contributed by atoms with Crippen molar-refractivity contribution in [3.05, 3.63) is 63.7 Å². The van der Waals surface area contributed by atoms with E-state index in [1.165, 1.54) is 4.90 Å². The maximum absolute atomic E-state index is 13.1. The number of carbonyl (C=O) groups is 2. The van der Waals surface area contributed by atoms with Crippen LogP contribution in [0.2, 0.25) is 5.02 Å². The summed E-state index contributed by atoms with van der Waals surface area (Å²) in [4.78, 5) is 28.5. The van der Waals surface area contributed by atoms with Gasteiger partial charge in [0.05, 0.1) is 10.7 Å². The summed E-state index contributed by atoms with van der Waals surface area (Å²) in [5, 5.41) is 0.592. The second-order valence-electron chi connectivity index (χ2n) is 6.53. The Bertz CT molecular complexity index is 846. The van der Waals surface area contributed by atoms with Gasteiger partial charge < -0.3 is 9.80 Å². The number of anilines is 1. The summed E-state index contributed by atoms with van der Waals surface area (Å²) in [6, 6.07) is 10.7. The van der Waals surface area contributed by atoms with Crippen LogP contribution < -0.4 is 4.90 Å². The Hall–Kier alpha value is -2.33. The number of fused-ring (bicyclic) bond motifs is 1. The van der Waals surface area contributed by atoms with Crippen molar-refractivity contribution in [2.75, 3.05) is 25.5 Å². The highest BCUT2D eigenvalue weighted by atomic mass is 35.5. The lowest BCUT2D eigenvalue weighted by molar-refractivity contribution is 0.0827. The Morgan fingerprint density at radius 1 is 1.12 bits per heavy atom. The predicted octanol–water partition coefficient (Wildman–Crippen LogP) is 3.94. The van der Waals surface area contributed by atoms with Crippen LogP contribution in [0.1, 0.15) is 38.3 Å². The molecule has 1 aliphatic rings. The normalized spacial score (nSPS) is 13.4. The van der Waals surface area contributed by atoms with Crippen LogP contribution in [0.5, 0.6) is 0 Å². The van der Waals surface area contributed by atoms with Crippen LogP contribution in [0.25, 0.3) is 0 Å². The van der Waals surface area contributed by atoms with Gasteiger partial charge in [-0.25, -0.2) is 0 Å². The fourth-order valence-electron chi connectivity index (χ4n) is 3.24. The van der Waals surface area contributed by atoms with Crippen LogP contribution in [0.15, 0.2) is 36.4 Å². The Kier molecular flexibility index (Phi) is 4.82. The maximum Gasteiger partial charge on any atom is 0.258 e. The first-order valence-electron chi connectivity index (χ1n) is 8.31. The first-order chi connectivity index (χ1) is 11.9. The van der Waals surface area contributed by atoms with Gasteiger partial charge in [-0.3, -0.25) is 9.59 Å². The number of aryl methyl sites for hydroxylation is 1. The minimum absolute atomic E-state index is 0.123. The van der Waals surface area contributed by atoms with Crippen molar-refractivity contribution in [3.8, 4) is 0 Å². The summed E-state index contributed by atoms with van der Waals surface area (Å²) in [5.41, 5.74) is 4.09. The van der Waals surface area contributed by atoms with Gasteiger partial charge in [0.2, 0.25) is 0 Å². The third-order valence-electron chi connectivity index (χ3n) is 4.55. The molecule has 0 spiro atoms. The van der Waals surface area contributed by atoms with Crippen LogP contribution in [-0.2, 0) is 6.42 Å². The molecule has 0 unspecified atom stereocenters. The van der Waals surface area contributed by atoms with E-state index < -0.39 is 0 Å². The number of amides is 2. The largest absolute Gasteiger partial charge is 0.345 e. The number of benzene rings is 2. The number of halogens is 1. The monoisotopic (exact) mass is 356 g/mol. The molecule has 2 aromatic carbocycles. The molecule has 0 aromatic heterocycles. The third-order valence-corrected chi connectivity index (χ3v) is 4.86. The van der Waals surface area contributed by atoms with E-state index in [2.05, 4.69) is 0 Å². The van der Waals surface area contributed by atoms with E-state index in [0.717, 1.165) is 29.7 Å². The molecule has 0 N–H and O–H groups in total. The summed E-state index contributed by atoms with van der Waals surface area (Å²) < 4.78 is 0. The second kappa shape index (κ2) is 6.89. The zero-order valence-corrected chi connectivity index (χ0v) is 15.4. The van der Waals surface area contributed by atoms with Crippen molar-refractivity contribution in [2.24, 2.45) is 0 Å². The molecule has 4 nitrogen and oxygen atoms in total.